The van der Waals surface area contributed by atoms with Crippen LogP contribution in [0.25, 0.3) is 0 Å². The van der Waals surface area contributed by atoms with Crippen LogP contribution in [-0.4, -0.2) is 23.9 Å². The monoisotopic (exact) mass is 236 g/mol. The maximum absolute atomic E-state index is 12.0. The molecule has 0 aromatic heterocycles. The van der Waals surface area contributed by atoms with Gasteiger partial charge >= 0.3 is 0 Å². The van der Waals surface area contributed by atoms with Crippen molar-refractivity contribution in [2.45, 2.75) is 53.4 Å². The highest BCUT2D eigenvalue weighted by Gasteiger charge is 2.28. The van der Waals surface area contributed by atoms with Gasteiger partial charge in [-0.1, -0.05) is 13.8 Å². The van der Waals surface area contributed by atoms with Crippen LogP contribution >= 0.6 is 0 Å². The smallest absolute Gasteiger partial charge is 0.222 e. The quantitative estimate of drug-likeness (QED) is 0.756. The summed E-state index contributed by atoms with van der Waals surface area (Å²) in [4.78, 5) is 13.9. The molecule has 1 heterocycles. The molecule has 96 valence electrons. The molecule has 0 aliphatic carbocycles. The van der Waals surface area contributed by atoms with Gasteiger partial charge in [0, 0.05) is 19.5 Å². The topological polar surface area (TPSA) is 44.1 Å². The van der Waals surface area contributed by atoms with E-state index in [-0.39, 0.29) is 16.7 Å². The summed E-state index contributed by atoms with van der Waals surface area (Å²) in [6, 6.07) is 2.29. The van der Waals surface area contributed by atoms with Crippen molar-refractivity contribution >= 4 is 5.91 Å². The number of amides is 1. The molecule has 1 aliphatic heterocycles. The largest absolute Gasteiger partial charge is 0.343 e. The molecule has 1 fully saturated rings. The van der Waals surface area contributed by atoms with E-state index < -0.39 is 0 Å². The zero-order valence-corrected chi connectivity index (χ0v) is 11.5. The van der Waals surface area contributed by atoms with Gasteiger partial charge in [-0.2, -0.15) is 5.26 Å². The van der Waals surface area contributed by atoms with E-state index in [0.29, 0.717) is 6.42 Å². The fourth-order valence-electron chi connectivity index (χ4n) is 2.00. The molecule has 17 heavy (non-hydrogen) atoms. The van der Waals surface area contributed by atoms with Crippen molar-refractivity contribution in [2.24, 2.45) is 10.8 Å². The van der Waals surface area contributed by atoms with Gasteiger partial charge in [0.15, 0.2) is 0 Å². The van der Waals surface area contributed by atoms with Gasteiger partial charge in [0.25, 0.3) is 0 Å². The van der Waals surface area contributed by atoms with E-state index in [4.69, 9.17) is 5.26 Å². The Kier molecular flexibility index (Phi) is 4.19. The average Bonchev–Trinajstić information content (AvgIpc) is 2.37. The van der Waals surface area contributed by atoms with Crippen molar-refractivity contribution in [1.82, 2.24) is 4.90 Å². The van der Waals surface area contributed by atoms with E-state index in [1.165, 1.54) is 0 Å². The van der Waals surface area contributed by atoms with Gasteiger partial charge in [0.2, 0.25) is 5.91 Å². The second-order valence-electron chi connectivity index (χ2n) is 6.54. The van der Waals surface area contributed by atoms with Gasteiger partial charge in [0.1, 0.15) is 0 Å². The first kappa shape index (κ1) is 14.0. The Morgan fingerprint density at radius 2 is 2.06 bits per heavy atom. The van der Waals surface area contributed by atoms with Crippen LogP contribution in [0, 0.1) is 22.2 Å². The van der Waals surface area contributed by atoms with Crippen molar-refractivity contribution in [1.29, 1.82) is 5.26 Å². The summed E-state index contributed by atoms with van der Waals surface area (Å²) >= 11 is 0. The molecular formula is C14H24N2O. The highest BCUT2D eigenvalue weighted by Crippen LogP contribution is 2.31. The van der Waals surface area contributed by atoms with Gasteiger partial charge in [-0.05, 0) is 38.5 Å². The summed E-state index contributed by atoms with van der Waals surface area (Å²) in [6.45, 7) is 9.87. The first-order valence-corrected chi connectivity index (χ1v) is 6.45. The summed E-state index contributed by atoms with van der Waals surface area (Å²) in [7, 11) is 0. The molecular weight excluding hydrogens is 212 g/mol. The second-order valence-corrected chi connectivity index (χ2v) is 6.54. The molecule has 0 bridgehead atoms. The van der Waals surface area contributed by atoms with Gasteiger partial charge < -0.3 is 4.90 Å². The molecule has 0 radical (unpaired) electrons. The number of hydrogen-bond donors (Lipinski definition) is 0. The predicted octanol–water partition coefficient (Wildman–Crippen LogP) is 2.96. The van der Waals surface area contributed by atoms with E-state index >= 15 is 0 Å². The SMILES string of the molecule is CC(C)(C#N)CCN1CCC(C)(C)CCC1=O. The minimum absolute atomic E-state index is 0.254. The molecule has 1 saturated heterocycles. The summed E-state index contributed by atoms with van der Waals surface area (Å²) in [5.41, 5.74) is -0.0583. The first-order valence-electron chi connectivity index (χ1n) is 6.45. The van der Waals surface area contributed by atoms with Gasteiger partial charge in [-0.3, -0.25) is 4.79 Å². The average molecular weight is 236 g/mol. The predicted molar refractivity (Wildman–Crippen MR) is 68.2 cm³/mol. The van der Waals surface area contributed by atoms with E-state index in [2.05, 4.69) is 19.9 Å². The van der Waals surface area contributed by atoms with Crippen molar-refractivity contribution < 1.29 is 4.79 Å². The lowest BCUT2D eigenvalue weighted by atomic mass is 9.85. The Labute approximate surface area is 105 Å². The molecule has 0 saturated carbocycles. The maximum atomic E-state index is 12.0. The molecule has 1 rings (SSSR count). The lowest BCUT2D eigenvalue weighted by Gasteiger charge is -2.25. The van der Waals surface area contributed by atoms with Crippen LogP contribution in [0.4, 0.5) is 0 Å². The van der Waals surface area contributed by atoms with Crippen LogP contribution in [0.1, 0.15) is 53.4 Å². The van der Waals surface area contributed by atoms with Crippen molar-refractivity contribution in [3.8, 4) is 6.07 Å². The first-order chi connectivity index (χ1) is 7.76. The lowest BCUT2D eigenvalue weighted by molar-refractivity contribution is -0.130. The van der Waals surface area contributed by atoms with Crippen LogP contribution in [0.15, 0.2) is 0 Å². The van der Waals surface area contributed by atoms with Crippen molar-refractivity contribution in [2.75, 3.05) is 13.1 Å². The number of carbonyl (C=O) groups is 1. The van der Waals surface area contributed by atoms with Crippen molar-refractivity contribution in [3.05, 3.63) is 0 Å². The lowest BCUT2D eigenvalue weighted by Crippen LogP contribution is -2.33. The number of likely N-dealkylation sites (tertiary alicyclic amines) is 1. The Morgan fingerprint density at radius 3 is 2.65 bits per heavy atom. The standard InChI is InChI=1S/C14H24N2O/c1-13(2)6-5-12(17)16(9-7-13)10-8-14(3,4)11-15/h5-10H2,1-4H3. The van der Waals surface area contributed by atoms with Crippen LogP contribution in [0.5, 0.6) is 0 Å². The van der Waals surface area contributed by atoms with E-state index in [9.17, 15) is 4.79 Å². The summed E-state index contributed by atoms with van der Waals surface area (Å²) in [5, 5.41) is 8.97. The molecule has 1 aliphatic rings. The zero-order chi connectivity index (χ0) is 13.1. The Morgan fingerprint density at radius 1 is 1.41 bits per heavy atom. The van der Waals surface area contributed by atoms with E-state index in [0.717, 1.165) is 32.4 Å². The normalized spacial score (nSPS) is 20.9. The van der Waals surface area contributed by atoms with Crippen LogP contribution in [0.2, 0.25) is 0 Å². The third-order valence-corrected chi connectivity index (χ3v) is 3.74. The Balaban J connectivity index is 2.54. The minimum atomic E-state index is -0.331. The highest BCUT2D eigenvalue weighted by molar-refractivity contribution is 5.76. The van der Waals surface area contributed by atoms with E-state index in [1.807, 2.05) is 18.7 Å². The minimum Gasteiger partial charge on any atom is -0.343 e. The Hall–Kier alpha value is -1.04. The maximum Gasteiger partial charge on any atom is 0.222 e. The van der Waals surface area contributed by atoms with Gasteiger partial charge in [-0.15, -0.1) is 0 Å². The van der Waals surface area contributed by atoms with Crippen molar-refractivity contribution in [3.63, 3.8) is 0 Å². The fourth-order valence-corrected chi connectivity index (χ4v) is 2.00. The fraction of sp³-hybridized carbons (Fsp3) is 0.857. The summed E-state index contributed by atoms with van der Waals surface area (Å²) in [6.07, 6.45) is 3.45. The highest BCUT2D eigenvalue weighted by atomic mass is 16.2. The number of nitrogens with zero attached hydrogens (tertiary/aromatic N) is 2. The number of hydrogen-bond acceptors (Lipinski definition) is 2. The molecule has 0 aromatic carbocycles. The molecule has 0 unspecified atom stereocenters. The Bertz CT molecular complexity index is 326. The van der Waals surface area contributed by atoms with Crippen LogP contribution in [0.3, 0.4) is 0 Å². The molecule has 0 atom stereocenters. The molecule has 0 spiro atoms. The molecule has 0 aromatic rings. The number of nitriles is 1. The van der Waals surface area contributed by atoms with Crippen LogP contribution in [-0.2, 0) is 4.79 Å². The third kappa shape index (κ3) is 4.38. The van der Waals surface area contributed by atoms with Gasteiger partial charge in [0.05, 0.1) is 11.5 Å². The molecule has 3 nitrogen and oxygen atoms in total. The number of rotatable bonds is 3. The van der Waals surface area contributed by atoms with Gasteiger partial charge in [-0.25, -0.2) is 0 Å². The van der Waals surface area contributed by atoms with Crippen LogP contribution < -0.4 is 0 Å². The molecule has 3 heteroatoms. The summed E-state index contributed by atoms with van der Waals surface area (Å²) in [5.74, 6) is 0.254. The summed E-state index contributed by atoms with van der Waals surface area (Å²) < 4.78 is 0. The molecule has 0 N–H and O–H groups in total. The third-order valence-electron chi connectivity index (χ3n) is 3.74. The molecule has 1 amide bonds. The second kappa shape index (κ2) is 5.08. The van der Waals surface area contributed by atoms with E-state index in [1.54, 1.807) is 0 Å². The zero-order valence-electron chi connectivity index (χ0n) is 11.5. The number of carbonyl (C=O) groups excluding carboxylic acids is 1.